The highest BCUT2D eigenvalue weighted by molar-refractivity contribution is 7.89. The number of aliphatic hydroxyl groups excluding tert-OH is 1. The summed E-state index contributed by atoms with van der Waals surface area (Å²) >= 11 is 0. The minimum absolute atomic E-state index is 0.0651. The molecule has 0 aromatic rings. The van der Waals surface area contributed by atoms with Crippen LogP contribution in [0, 0.1) is 11.8 Å². The minimum atomic E-state index is -3.13. The highest BCUT2D eigenvalue weighted by Crippen LogP contribution is 2.27. The summed E-state index contributed by atoms with van der Waals surface area (Å²) in [4.78, 5) is 0. The lowest BCUT2D eigenvalue weighted by atomic mass is 9.83. The largest absolute Gasteiger partial charge is 0.396 e. The molecular formula is C12H25NO3S. The van der Waals surface area contributed by atoms with Crippen molar-refractivity contribution in [2.75, 3.05) is 18.9 Å². The van der Waals surface area contributed by atoms with Gasteiger partial charge in [0.15, 0.2) is 0 Å². The second kappa shape index (κ2) is 7.34. The Morgan fingerprint density at radius 3 is 2.71 bits per heavy atom. The summed E-state index contributed by atoms with van der Waals surface area (Å²) in [6.07, 6.45) is 5.87. The van der Waals surface area contributed by atoms with Crippen LogP contribution in [0.1, 0.15) is 45.4 Å². The molecule has 0 aromatic heterocycles. The molecule has 0 amide bonds. The van der Waals surface area contributed by atoms with Crippen molar-refractivity contribution >= 4 is 10.0 Å². The first-order chi connectivity index (χ1) is 8.03. The molecule has 2 atom stereocenters. The quantitative estimate of drug-likeness (QED) is 0.684. The van der Waals surface area contributed by atoms with E-state index in [1.807, 2.05) is 0 Å². The van der Waals surface area contributed by atoms with Gasteiger partial charge in [-0.05, 0) is 37.5 Å². The molecule has 1 aliphatic rings. The molecule has 2 unspecified atom stereocenters. The van der Waals surface area contributed by atoms with E-state index in [4.69, 9.17) is 5.11 Å². The van der Waals surface area contributed by atoms with Crippen LogP contribution in [0.2, 0.25) is 0 Å². The zero-order valence-corrected chi connectivity index (χ0v) is 11.5. The molecule has 0 heterocycles. The Balaban J connectivity index is 2.23. The van der Waals surface area contributed by atoms with Crippen LogP contribution in [0.4, 0.5) is 0 Å². The average molecular weight is 263 g/mol. The fourth-order valence-electron chi connectivity index (χ4n) is 2.47. The van der Waals surface area contributed by atoms with Crippen molar-refractivity contribution in [3.8, 4) is 0 Å². The lowest BCUT2D eigenvalue weighted by molar-refractivity contribution is 0.282. The number of sulfonamides is 1. The van der Waals surface area contributed by atoms with Crippen molar-refractivity contribution in [3.63, 3.8) is 0 Å². The van der Waals surface area contributed by atoms with Gasteiger partial charge in [-0.2, -0.15) is 0 Å². The molecule has 0 aliphatic heterocycles. The second-order valence-electron chi connectivity index (χ2n) is 5.24. The molecule has 0 spiro atoms. The van der Waals surface area contributed by atoms with Crippen LogP contribution in [-0.2, 0) is 10.0 Å². The summed E-state index contributed by atoms with van der Waals surface area (Å²) in [5, 5.41) is 8.61. The Bertz CT molecular complexity index is 303. The molecule has 5 heteroatoms. The van der Waals surface area contributed by atoms with E-state index in [0.717, 1.165) is 18.8 Å². The van der Waals surface area contributed by atoms with E-state index < -0.39 is 10.0 Å². The maximum absolute atomic E-state index is 11.6. The van der Waals surface area contributed by atoms with Gasteiger partial charge in [-0.3, -0.25) is 0 Å². The fraction of sp³-hybridized carbons (Fsp3) is 1.00. The standard InChI is InChI=1S/C12H25NO3S/c1-11-5-4-6-12(9-11)10-13-17(15,16)8-3-2-7-14/h11-14H,2-10H2,1H3. The SMILES string of the molecule is CC1CCCC(CNS(=O)(=O)CCCCO)C1. The van der Waals surface area contributed by atoms with Crippen LogP contribution in [0.3, 0.4) is 0 Å². The number of nitrogens with one attached hydrogen (secondary N) is 1. The van der Waals surface area contributed by atoms with E-state index in [1.54, 1.807) is 0 Å². The molecule has 0 aromatic carbocycles. The molecule has 17 heavy (non-hydrogen) atoms. The van der Waals surface area contributed by atoms with E-state index in [-0.39, 0.29) is 12.4 Å². The van der Waals surface area contributed by atoms with Crippen LogP contribution in [0.25, 0.3) is 0 Å². The van der Waals surface area contributed by atoms with Gasteiger partial charge in [0.1, 0.15) is 0 Å². The normalized spacial score (nSPS) is 26.0. The monoisotopic (exact) mass is 263 g/mol. The number of rotatable bonds is 7. The summed E-state index contributed by atoms with van der Waals surface area (Å²) in [5.74, 6) is 1.37. The van der Waals surface area contributed by atoms with Crippen molar-refractivity contribution in [3.05, 3.63) is 0 Å². The molecule has 1 saturated carbocycles. The Hall–Kier alpha value is -0.130. The smallest absolute Gasteiger partial charge is 0.211 e. The second-order valence-corrected chi connectivity index (χ2v) is 7.16. The number of unbranched alkanes of at least 4 members (excludes halogenated alkanes) is 1. The van der Waals surface area contributed by atoms with E-state index in [0.29, 0.717) is 25.3 Å². The first kappa shape index (κ1) is 14.9. The minimum Gasteiger partial charge on any atom is -0.396 e. The summed E-state index contributed by atoms with van der Waals surface area (Å²) in [7, 11) is -3.13. The molecule has 1 rings (SSSR count). The lowest BCUT2D eigenvalue weighted by Gasteiger charge is -2.26. The summed E-state index contributed by atoms with van der Waals surface area (Å²) < 4.78 is 26.0. The predicted molar refractivity (Wildman–Crippen MR) is 69.2 cm³/mol. The van der Waals surface area contributed by atoms with Gasteiger partial charge in [0.05, 0.1) is 5.75 Å². The van der Waals surface area contributed by atoms with Gasteiger partial charge in [0, 0.05) is 13.2 Å². The van der Waals surface area contributed by atoms with Gasteiger partial charge in [0.2, 0.25) is 10.0 Å². The fourth-order valence-corrected chi connectivity index (χ4v) is 3.68. The van der Waals surface area contributed by atoms with Crippen molar-refractivity contribution in [1.29, 1.82) is 0 Å². The highest BCUT2D eigenvalue weighted by atomic mass is 32.2. The number of hydrogen-bond donors (Lipinski definition) is 2. The Labute approximate surface area is 105 Å². The first-order valence-electron chi connectivity index (χ1n) is 6.61. The lowest BCUT2D eigenvalue weighted by Crippen LogP contribution is -2.33. The number of aliphatic hydroxyl groups is 1. The molecule has 0 radical (unpaired) electrons. The van der Waals surface area contributed by atoms with Crippen molar-refractivity contribution < 1.29 is 13.5 Å². The van der Waals surface area contributed by atoms with Gasteiger partial charge >= 0.3 is 0 Å². The Morgan fingerprint density at radius 1 is 1.29 bits per heavy atom. The molecule has 1 fully saturated rings. The average Bonchev–Trinajstić information content (AvgIpc) is 2.27. The molecule has 0 saturated heterocycles. The van der Waals surface area contributed by atoms with E-state index in [2.05, 4.69) is 11.6 Å². The molecule has 0 bridgehead atoms. The van der Waals surface area contributed by atoms with Crippen LogP contribution < -0.4 is 4.72 Å². The third-order valence-corrected chi connectivity index (χ3v) is 4.89. The first-order valence-corrected chi connectivity index (χ1v) is 8.27. The van der Waals surface area contributed by atoms with Crippen LogP contribution >= 0.6 is 0 Å². The summed E-state index contributed by atoms with van der Waals surface area (Å²) in [6, 6.07) is 0. The van der Waals surface area contributed by atoms with Crippen LogP contribution in [0.15, 0.2) is 0 Å². The third-order valence-electron chi connectivity index (χ3n) is 3.46. The third kappa shape index (κ3) is 6.38. The zero-order chi connectivity index (χ0) is 12.7. The molecule has 2 N–H and O–H groups in total. The molecule has 4 nitrogen and oxygen atoms in total. The zero-order valence-electron chi connectivity index (χ0n) is 10.7. The highest BCUT2D eigenvalue weighted by Gasteiger charge is 2.20. The summed E-state index contributed by atoms with van der Waals surface area (Å²) in [5.41, 5.74) is 0. The van der Waals surface area contributed by atoms with Gasteiger partial charge in [-0.1, -0.05) is 19.8 Å². The van der Waals surface area contributed by atoms with E-state index in [1.165, 1.54) is 12.8 Å². The number of hydrogen-bond acceptors (Lipinski definition) is 3. The van der Waals surface area contributed by atoms with Gasteiger partial charge in [0.25, 0.3) is 0 Å². The van der Waals surface area contributed by atoms with Gasteiger partial charge in [-0.25, -0.2) is 13.1 Å². The van der Waals surface area contributed by atoms with E-state index >= 15 is 0 Å². The van der Waals surface area contributed by atoms with Crippen LogP contribution in [0.5, 0.6) is 0 Å². The Morgan fingerprint density at radius 2 is 2.06 bits per heavy atom. The maximum Gasteiger partial charge on any atom is 0.211 e. The van der Waals surface area contributed by atoms with Gasteiger partial charge in [-0.15, -0.1) is 0 Å². The molecular weight excluding hydrogens is 238 g/mol. The molecule has 1 aliphatic carbocycles. The van der Waals surface area contributed by atoms with Crippen LogP contribution in [-0.4, -0.2) is 32.4 Å². The predicted octanol–water partition coefficient (Wildman–Crippen LogP) is 1.50. The molecule has 102 valence electrons. The van der Waals surface area contributed by atoms with Crippen molar-refractivity contribution in [1.82, 2.24) is 4.72 Å². The maximum atomic E-state index is 11.6. The van der Waals surface area contributed by atoms with Crippen molar-refractivity contribution in [2.24, 2.45) is 11.8 Å². The van der Waals surface area contributed by atoms with E-state index in [9.17, 15) is 8.42 Å². The summed E-state index contributed by atoms with van der Waals surface area (Å²) in [6.45, 7) is 2.89. The van der Waals surface area contributed by atoms with Gasteiger partial charge < -0.3 is 5.11 Å². The topological polar surface area (TPSA) is 66.4 Å². The Kier molecular flexibility index (Phi) is 6.44. The van der Waals surface area contributed by atoms with Crippen molar-refractivity contribution in [2.45, 2.75) is 45.4 Å².